The van der Waals surface area contributed by atoms with Crippen molar-refractivity contribution in [3.8, 4) is 0 Å². The van der Waals surface area contributed by atoms with E-state index in [4.69, 9.17) is 0 Å². The zero-order valence-corrected chi connectivity index (χ0v) is 13.0. The summed E-state index contributed by atoms with van der Waals surface area (Å²) in [6, 6.07) is 0. The molecule has 1 N–H and O–H groups in total. The van der Waals surface area contributed by atoms with Gasteiger partial charge in [-0.25, -0.2) is 9.97 Å². The summed E-state index contributed by atoms with van der Waals surface area (Å²) in [6.45, 7) is 11.6. The molecule has 0 bridgehead atoms. The maximum absolute atomic E-state index is 4.66. The molecule has 1 aromatic heterocycles. The maximum Gasteiger partial charge on any atom is 0.225 e. The summed E-state index contributed by atoms with van der Waals surface area (Å²) in [5.74, 6) is 1.59. The lowest BCUT2D eigenvalue weighted by Gasteiger charge is -2.25. The molecule has 1 aromatic rings. The van der Waals surface area contributed by atoms with Crippen LogP contribution in [0.15, 0.2) is 6.20 Å². The molecular formula is C15H28N4. The number of hydrogen-bond acceptors (Lipinski definition) is 4. The normalized spacial score (nSPS) is 11.1. The number of nitrogens with zero attached hydrogens (tertiary/aromatic N) is 3. The van der Waals surface area contributed by atoms with E-state index in [0.717, 1.165) is 37.2 Å². The van der Waals surface area contributed by atoms with Gasteiger partial charge in [-0.15, -0.1) is 0 Å². The molecule has 0 aliphatic carbocycles. The van der Waals surface area contributed by atoms with Crippen LogP contribution in [-0.2, 0) is 6.54 Å². The average Bonchev–Trinajstić information content (AvgIpc) is 2.43. The maximum atomic E-state index is 4.66. The average molecular weight is 264 g/mol. The Balaban J connectivity index is 2.83. The smallest absolute Gasteiger partial charge is 0.225 e. The van der Waals surface area contributed by atoms with Gasteiger partial charge in [-0.3, -0.25) is 0 Å². The Morgan fingerprint density at radius 3 is 2.42 bits per heavy atom. The highest BCUT2D eigenvalue weighted by molar-refractivity contribution is 5.32. The molecule has 0 radical (unpaired) electrons. The van der Waals surface area contributed by atoms with Crippen molar-refractivity contribution in [2.45, 2.75) is 47.1 Å². The third kappa shape index (κ3) is 4.46. The van der Waals surface area contributed by atoms with Crippen LogP contribution in [0.3, 0.4) is 0 Å². The first-order valence-corrected chi connectivity index (χ1v) is 7.38. The van der Waals surface area contributed by atoms with E-state index in [1.54, 1.807) is 0 Å². The zero-order chi connectivity index (χ0) is 14.3. The lowest BCUT2D eigenvalue weighted by atomic mass is 10.0. The van der Waals surface area contributed by atoms with Crippen LogP contribution in [0.1, 0.15) is 44.9 Å². The van der Waals surface area contributed by atoms with Gasteiger partial charge in [0, 0.05) is 37.1 Å². The molecule has 0 spiro atoms. The molecule has 108 valence electrons. The minimum absolute atomic E-state index is 0.723. The molecule has 1 heterocycles. The monoisotopic (exact) mass is 264 g/mol. The molecule has 0 amide bonds. The molecule has 4 nitrogen and oxygen atoms in total. The van der Waals surface area contributed by atoms with Crippen LogP contribution in [0, 0.1) is 12.8 Å². The van der Waals surface area contributed by atoms with Gasteiger partial charge in [0.15, 0.2) is 0 Å². The first kappa shape index (κ1) is 15.9. The summed E-state index contributed by atoms with van der Waals surface area (Å²) in [5, 5.41) is 3.14. The molecule has 19 heavy (non-hydrogen) atoms. The minimum Gasteiger partial charge on any atom is -0.341 e. The molecule has 1 rings (SSSR count). The summed E-state index contributed by atoms with van der Waals surface area (Å²) in [6.07, 6.45) is 4.37. The van der Waals surface area contributed by atoms with Gasteiger partial charge in [-0.1, -0.05) is 26.7 Å². The fraction of sp³-hybridized carbons (Fsp3) is 0.733. The Kier molecular flexibility index (Phi) is 6.78. The predicted molar refractivity (Wildman–Crippen MR) is 81.5 cm³/mol. The summed E-state index contributed by atoms with van der Waals surface area (Å²) >= 11 is 0. The van der Waals surface area contributed by atoms with E-state index >= 15 is 0 Å². The van der Waals surface area contributed by atoms with Gasteiger partial charge in [0.25, 0.3) is 0 Å². The molecule has 0 aromatic carbocycles. The van der Waals surface area contributed by atoms with E-state index in [1.807, 2.05) is 13.2 Å². The van der Waals surface area contributed by atoms with Crippen LogP contribution in [0.2, 0.25) is 0 Å². The van der Waals surface area contributed by atoms with E-state index in [1.165, 1.54) is 18.4 Å². The van der Waals surface area contributed by atoms with Crippen LogP contribution in [0.25, 0.3) is 0 Å². The fourth-order valence-corrected chi connectivity index (χ4v) is 2.21. The first-order valence-electron chi connectivity index (χ1n) is 7.38. The van der Waals surface area contributed by atoms with Crippen LogP contribution >= 0.6 is 0 Å². The highest BCUT2D eigenvalue weighted by Crippen LogP contribution is 2.16. The van der Waals surface area contributed by atoms with Gasteiger partial charge in [0.1, 0.15) is 0 Å². The Bertz CT molecular complexity index is 374. The number of hydrogen-bond donors (Lipinski definition) is 1. The van der Waals surface area contributed by atoms with Crippen LogP contribution in [0.5, 0.6) is 0 Å². The molecule has 0 unspecified atom stereocenters. The molecule has 0 saturated carbocycles. The van der Waals surface area contributed by atoms with Crippen LogP contribution < -0.4 is 10.2 Å². The number of aromatic nitrogens is 2. The SMILES string of the molecule is CCC(CC)CN(CC)c1ncc(CNC)c(C)n1. The number of anilines is 1. The summed E-state index contributed by atoms with van der Waals surface area (Å²) in [7, 11) is 1.94. The van der Waals surface area contributed by atoms with Crippen molar-refractivity contribution < 1.29 is 0 Å². The Morgan fingerprint density at radius 2 is 1.95 bits per heavy atom. The van der Waals surface area contributed by atoms with Crippen molar-refractivity contribution in [1.82, 2.24) is 15.3 Å². The Hall–Kier alpha value is -1.16. The highest BCUT2D eigenvalue weighted by Gasteiger charge is 2.13. The van der Waals surface area contributed by atoms with Gasteiger partial charge in [-0.05, 0) is 26.8 Å². The number of aryl methyl sites for hydroxylation is 1. The zero-order valence-electron chi connectivity index (χ0n) is 13.0. The van der Waals surface area contributed by atoms with Crippen molar-refractivity contribution in [1.29, 1.82) is 0 Å². The van der Waals surface area contributed by atoms with Gasteiger partial charge in [-0.2, -0.15) is 0 Å². The van der Waals surface area contributed by atoms with Crippen LogP contribution in [-0.4, -0.2) is 30.1 Å². The summed E-state index contributed by atoms with van der Waals surface area (Å²) in [5.41, 5.74) is 2.24. The first-order chi connectivity index (χ1) is 9.15. The van der Waals surface area contributed by atoms with E-state index in [0.29, 0.717) is 0 Å². The second-order valence-electron chi connectivity index (χ2n) is 5.03. The van der Waals surface area contributed by atoms with Gasteiger partial charge < -0.3 is 10.2 Å². The van der Waals surface area contributed by atoms with E-state index in [-0.39, 0.29) is 0 Å². The third-order valence-corrected chi connectivity index (χ3v) is 3.73. The van der Waals surface area contributed by atoms with Crippen molar-refractivity contribution >= 4 is 5.95 Å². The predicted octanol–water partition coefficient (Wildman–Crippen LogP) is 2.77. The van der Waals surface area contributed by atoms with Crippen molar-refractivity contribution in [3.63, 3.8) is 0 Å². The molecule has 0 fully saturated rings. The second kappa shape index (κ2) is 8.10. The molecule has 0 aliphatic rings. The number of rotatable bonds is 8. The fourth-order valence-electron chi connectivity index (χ4n) is 2.21. The Labute approximate surface area is 117 Å². The van der Waals surface area contributed by atoms with Crippen molar-refractivity contribution in [3.05, 3.63) is 17.5 Å². The second-order valence-corrected chi connectivity index (χ2v) is 5.03. The standard InChI is InChI=1S/C15H28N4/c1-6-13(7-2)11-19(8-3)15-17-10-14(9-16-5)12(4)18-15/h10,13,16H,6-9,11H2,1-5H3. The third-order valence-electron chi connectivity index (χ3n) is 3.73. The van der Waals surface area contributed by atoms with Crippen molar-refractivity contribution in [2.24, 2.45) is 5.92 Å². The quantitative estimate of drug-likeness (QED) is 0.784. The molecule has 4 heteroatoms. The number of nitrogens with one attached hydrogen (secondary N) is 1. The summed E-state index contributed by atoms with van der Waals surface area (Å²) in [4.78, 5) is 11.5. The topological polar surface area (TPSA) is 41.1 Å². The molecule has 0 atom stereocenters. The van der Waals surface area contributed by atoms with Crippen molar-refractivity contribution in [2.75, 3.05) is 25.0 Å². The molecule has 0 saturated heterocycles. The van der Waals surface area contributed by atoms with Gasteiger partial charge >= 0.3 is 0 Å². The largest absolute Gasteiger partial charge is 0.341 e. The van der Waals surface area contributed by atoms with E-state index in [9.17, 15) is 0 Å². The Morgan fingerprint density at radius 1 is 1.26 bits per heavy atom. The van der Waals surface area contributed by atoms with E-state index < -0.39 is 0 Å². The van der Waals surface area contributed by atoms with Gasteiger partial charge in [0.2, 0.25) is 5.95 Å². The van der Waals surface area contributed by atoms with Gasteiger partial charge in [0.05, 0.1) is 0 Å². The lowest BCUT2D eigenvalue weighted by molar-refractivity contribution is 0.482. The lowest BCUT2D eigenvalue weighted by Crippen LogP contribution is -2.31. The van der Waals surface area contributed by atoms with E-state index in [2.05, 4.69) is 47.9 Å². The van der Waals surface area contributed by atoms with Crippen LogP contribution in [0.4, 0.5) is 5.95 Å². The summed E-state index contributed by atoms with van der Waals surface area (Å²) < 4.78 is 0. The highest BCUT2D eigenvalue weighted by atomic mass is 15.2. The molecular weight excluding hydrogens is 236 g/mol. The minimum atomic E-state index is 0.723. The molecule has 0 aliphatic heterocycles.